The normalized spacial score (nSPS) is 10.4. The van der Waals surface area contributed by atoms with Gasteiger partial charge in [0.1, 0.15) is 0 Å². The fourth-order valence-electron chi connectivity index (χ4n) is 1.45. The molecule has 1 heterocycles. The Labute approximate surface area is 95.7 Å². The zero-order valence-electron chi connectivity index (χ0n) is 9.73. The highest BCUT2D eigenvalue weighted by molar-refractivity contribution is 5.91. The van der Waals surface area contributed by atoms with E-state index in [0.717, 1.165) is 19.4 Å². The quantitative estimate of drug-likeness (QED) is 0.726. The number of aromatic carboxylic acids is 1. The first-order valence-corrected chi connectivity index (χ1v) is 5.53. The minimum atomic E-state index is -0.994. The van der Waals surface area contributed by atoms with E-state index in [0.29, 0.717) is 11.6 Å². The number of carboxylic acid groups (broad SMARTS) is 1. The van der Waals surface area contributed by atoms with Crippen LogP contribution in [0.2, 0.25) is 0 Å². The number of aromatic nitrogens is 1. The first-order chi connectivity index (χ1) is 7.61. The first-order valence-electron chi connectivity index (χ1n) is 5.53. The van der Waals surface area contributed by atoms with Crippen LogP contribution in [-0.2, 0) is 0 Å². The van der Waals surface area contributed by atoms with Crippen LogP contribution in [0.15, 0.2) is 18.3 Å². The number of carbonyl (C=O) groups is 1. The molecule has 0 fully saturated rings. The fourth-order valence-corrected chi connectivity index (χ4v) is 1.45. The molecule has 0 spiro atoms. The predicted molar refractivity (Wildman–Crippen MR) is 63.8 cm³/mol. The third kappa shape index (κ3) is 3.88. The van der Waals surface area contributed by atoms with E-state index in [9.17, 15) is 4.79 Å². The number of hydrogen-bond acceptors (Lipinski definition) is 3. The molecule has 0 aliphatic rings. The standard InChI is InChI=1S/C12H18N2O2/c1-9(2)5-3-7-13-10-6-4-8-14-11(10)12(15)16/h4,6,8-9,13H,3,5,7H2,1-2H3,(H,15,16). The Kier molecular flexibility index (Phi) is 4.76. The average molecular weight is 222 g/mol. The second-order valence-electron chi connectivity index (χ2n) is 4.17. The summed E-state index contributed by atoms with van der Waals surface area (Å²) in [6.07, 6.45) is 3.66. The van der Waals surface area contributed by atoms with Crippen LogP contribution in [0.3, 0.4) is 0 Å². The van der Waals surface area contributed by atoms with Crippen molar-refractivity contribution in [2.75, 3.05) is 11.9 Å². The highest BCUT2D eigenvalue weighted by Crippen LogP contribution is 2.12. The van der Waals surface area contributed by atoms with Crippen molar-refractivity contribution in [1.82, 2.24) is 4.98 Å². The van der Waals surface area contributed by atoms with Crippen LogP contribution in [0.1, 0.15) is 37.2 Å². The van der Waals surface area contributed by atoms with Crippen molar-refractivity contribution in [1.29, 1.82) is 0 Å². The van der Waals surface area contributed by atoms with Crippen molar-refractivity contribution in [3.8, 4) is 0 Å². The van der Waals surface area contributed by atoms with Crippen molar-refractivity contribution < 1.29 is 9.90 Å². The summed E-state index contributed by atoms with van der Waals surface area (Å²) in [4.78, 5) is 14.7. The van der Waals surface area contributed by atoms with Crippen LogP contribution in [0.25, 0.3) is 0 Å². The van der Waals surface area contributed by atoms with Gasteiger partial charge in [0.2, 0.25) is 0 Å². The molecule has 4 heteroatoms. The van der Waals surface area contributed by atoms with Gasteiger partial charge >= 0.3 is 5.97 Å². The van der Waals surface area contributed by atoms with Crippen LogP contribution < -0.4 is 5.32 Å². The summed E-state index contributed by atoms with van der Waals surface area (Å²) in [5.74, 6) is -0.318. The molecular weight excluding hydrogens is 204 g/mol. The number of nitrogens with zero attached hydrogens (tertiary/aromatic N) is 1. The number of nitrogens with one attached hydrogen (secondary N) is 1. The van der Waals surface area contributed by atoms with Crippen LogP contribution >= 0.6 is 0 Å². The Balaban J connectivity index is 2.50. The summed E-state index contributed by atoms with van der Waals surface area (Å²) in [6, 6.07) is 3.48. The van der Waals surface area contributed by atoms with E-state index in [4.69, 9.17) is 5.11 Å². The van der Waals surface area contributed by atoms with Gasteiger partial charge in [0.25, 0.3) is 0 Å². The van der Waals surface area contributed by atoms with Gasteiger partial charge in [-0.25, -0.2) is 9.78 Å². The number of carboxylic acids is 1. The Bertz CT molecular complexity index is 351. The fraction of sp³-hybridized carbons (Fsp3) is 0.500. The molecule has 0 saturated carbocycles. The van der Waals surface area contributed by atoms with Gasteiger partial charge in [-0.05, 0) is 30.9 Å². The topological polar surface area (TPSA) is 62.2 Å². The lowest BCUT2D eigenvalue weighted by atomic mass is 10.1. The number of anilines is 1. The maximum absolute atomic E-state index is 10.9. The van der Waals surface area contributed by atoms with E-state index < -0.39 is 5.97 Å². The van der Waals surface area contributed by atoms with Gasteiger partial charge in [-0.3, -0.25) is 0 Å². The SMILES string of the molecule is CC(C)CCCNc1cccnc1C(=O)O. The summed E-state index contributed by atoms with van der Waals surface area (Å²) in [5.41, 5.74) is 0.686. The van der Waals surface area contributed by atoms with Crippen molar-refractivity contribution in [3.05, 3.63) is 24.0 Å². The Hall–Kier alpha value is -1.58. The van der Waals surface area contributed by atoms with Crippen molar-refractivity contribution >= 4 is 11.7 Å². The lowest BCUT2D eigenvalue weighted by Crippen LogP contribution is -2.09. The highest BCUT2D eigenvalue weighted by atomic mass is 16.4. The average Bonchev–Trinajstić information content (AvgIpc) is 2.24. The molecule has 0 unspecified atom stereocenters. The molecule has 0 amide bonds. The smallest absolute Gasteiger partial charge is 0.356 e. The highest BCUT2D eigenvalue weighted by Gasteiger charge is 2.09. The minimum absolute atomic E-state index is 0.0899. The number of pyridine rings is 1. The van der Waals surface area contributed by atoms with Crippen LogP contribution in [0.5, 0.6) is 0 Å². The summed E-state index contributed by atoms with van der Waals surface area (Å²) >= 11 is 0. The molecule has 1 aromatic heterocycles. The number of hydrogen-bond donors (Lipinski definition) is 2. The van der Waals surface area contributed by atoms with E-state index in [1.54, 1.807) is 12.1 Å². The molecule has 16 heavy (non-hydrogen) atoms. The molecule has 1 rings (SSSR count). The molecule has 88 valence electrons. The molecule has 0 aliphatic carbocycles. The van der Waals surface area contributed by atoms with Crippen LogP contribution in [0.4, 0.5) is 5.69 Å². The monoisotopic (exact) mass is 222 g/mol. The van der Waals surface area contributed by atoms with Gasteiger partial charge in [-0.2, -0.15) is 0 Å². The zero-order chi connectivity index (χ0) is 12.0. The van der Waals surface area contributed by atoms with Crippen LogP contribution in [-0.4, -0.2) is 22.6 Å². The summed E-state index contributed by atoms with van der Waals surface area (Å²) < 4.78 is 0. The molecule has 0 atom stereocenters. The molecule has 0 aromatic carbocycles. The van der Waals surface area contributed by atoms with E-state index in [2.05, 4.69) is 24.1 Å². The van der Waals surface area contributed by atoms with Crippen molar-refractivity contribution in [3.63, 3.8) is 0 Å². The molecule has 0 radical (unpaired) electrons. The Morgan fingerprint density at radius 2 is 2.31 bits per heavy atom. The molecule has 0 saturated heterocycles. The molecule has 4 nitrogen and oxygen atoms in total. The maximum atomic E-state index is 10.9. The summed E-state index contributed by atoms with van der Waals surface area (Å²) in [5, 5.41) is 12.0. The van der Waals surface area contributed by atoms with E-state index in [1.807, 2.05) is 0 Å². The largest absolute Gasteiger partial charge is 0.476 e. The Morgan fingerprint density at radius 3 is 2.94 bits per heavy atom. The second-order valence-corrected chi connectivity index (χ2v) is 4.17. The zero-order valence-corrected chi connectivity index (χ0v) is 9.73. The molecule has 2 N–H and O–H groups in total. The molecule has 0 aliphatic heterocycles. The lowest BCUT2D eigenvalue weighted by molar-refractivity contribution is 0.0691. The van der Waals surface area contributed by atoms with Crippen molar-refractivity contribution in [2.24, 2.45) is 5.92 Å². The third-order valence-corrected chi connectivity index (χ3v) is 2.28. The lowest BCUT2D eigenvalue weighted by Gasteiger charge is -2.09. The van der Waals surface area contributed by atoms with Crippen molar-refractivity contribution in [2.45, 2.75) is 26.7 Å². The van der Waals surface area contributed by atoms with Gasteiger partial charge in [0.15, 0.2) is 5.69 Å². The van der Waals surface area contributed by atoms with E-state index in [1.165, 1.54) is 6.20 Å². The van der Waals surface area contributed by atoms with E-state index in [-0.39, 0.29) is 5.69 Å². The minimum Gasteiger partial charge on any atom is -0.476 e. The Morgan fingerprint density at radius 1 is 1.56 bits per heavy atom. The van der Waals surface area contributed by atoms with Crippen LogP contribution in [0, 0.1) is 5.92 Å². The van der Waals surface area contributed by atoms with Gasteiger partial charge in [0.05, 0.1) is 5.69 Å². The van der Waals surface area contributed by atoms with Gasteiger partial charge in [-0.1, -0.05) is 13.8 Å². The van der Waals surface area contributed by atoms with Gasteiger partial charge < -0.3 is 10.4 Å². The summed E-state index contributed by atoms with van der Waals surface area (Å²) in [6.45, 7) is 5.13. The maximum Gasteiger partial charge on any atom is 0.356 e. The van der Waals surface area contributed by atoms with E-state index >= 15 is 0 Å². The van der Waals surface area contributed by atoms with Gasteiger partial charge in [0, 0.05) is 12.7 Å². The third-order valence-electron chi connectivity index (χ3n) is 2.28. The van der Waals surface area contributed by atoms with Gasteiger partial charge in [-0.15, -0.1) is 0 Å². The molecule has 1 aromatic rings. The predicted octanol–water partition coefficient (Wildman–Crippen LogP) is 2.63. The number of rotatable bonds is 6. The molecule has 0 bridgehead atoms. The first kappa shape index (κ1) is 12.5. The summed E-state index contributed by atoms with van der Waals surface area (Å²) in [7, 11) is 0. The second kappa shape index (κ2) is 6.10. The molecular formula is C12H18N2O2.